The second-order valence-electron chi connectivity index (χ2n) is 7.55. The summed E-state index contributed by atoms with van der Waals surface area (Å²) in [6.45, 7) is 9.04. The number of hydrogen-bond acceptors (Lipinski definition) is 2. The number of hydrazone groups is 1. The molecule has 1 unspecified atom stereocenters. The Bertz CT molecular complexity index is 1120. The fraction of sp³-hybridized carbons (Fsp3) is 0.192. The molecule has 2 heteroatoms. The third-order valence-corrected chi connectivity index (χ3v) is 6.06. The molecule has 3 aromatic carbocycles. The molecular formula is C26H26N2. The van der Waals surface area contributed by atoms with Crippen molar-refractivity contribution in [2.45, 2.75) is 27.7 Å². The Hall–Kier alpha value is -3.13. The minimum absolute atomic E-state index is 0.426. The van der Waals surface area contributed by atoms with Crippen LogP contribution in [0.3, 0.4) is 0 Å². The van der Waals surface area contributed by atoms with E-state index >= 15 is 0 Å². The Balaban J connectivity index is 1.83. The molecule has 2 nitrogen and oxygen atoms in total. The highest BCUT2D eigenvalue weighted by molar-refractivity contribution is 6.05. The predicted octanol–water partition coefficient (Wildman–Crippen LogP) is 7.05. The monoisotopic (exact) mass is 366 g/mol. The molecule has 0 radical (unpaired) electrons. The number of allylic oxidation sites excluding steroid dienone is 4. The topological polar surface area (TPSA) is 24.4 Å². The number of benzene rings is 3. The van der Waals surface area contributed by atoms with Crippen LogP contribution >= 0.6 is 0 Å². The summed E-state index contributed by atoms with van der Waals surface area (Å²) in [5.41, 5.74) is 12.3. The fourth-order valence-electron chi connectivity index (χ4n) is 4.15. The van der Waals surface area contributed by atoms with Crippen molar-refractivity contribution >= 4 is 28.2 Å². The highest BCUT2D eigenvalue weighted by Gasteiger charge is 2.26. The summed E-state index contributed by atoms with van der Waals surface area (Å²) < 4.78 is 0. The average Bonchev–Trinajstić information content (AvgIpc) is 2.92. The first-order chi connectivity index (χ1) is 13.6. The molecule has 4 rings (SSSR count). The minimum Gasteiger partial charge on any atom is -0.279 e. The Morgan fingerprint density at radius 3 is 2.25 bits per heavy atom. The van der Waals surface area contributed by atoms with Crippen LogP contribution in [0.15, 0.2) is 88.6 Å². The highest BCUT2D eigenvalue weighted by Crippen LogP contribution is 2.44. The lowest BCUT2D eigenvalue weighted by molar-refractivity contribution is 0.895. The maximum absolute atomic E-state index is 4.57. The molecule has 0 amide bonds. The van der Waals surface area contributed by atoms with Gasteiger partial charge in [0.1, 0.15) is 0 Å². The van der Waals surface area contributed by atoms with Crippen LogP contribution in [0.5, 0.6) is 0 Å². The van der Waals surface area contributed by atoms with Gasteiger partial charge in [0.15, 0.2) is 0 Å². The molecule has 1 aliphatic rings. The summed E-state index contributed by atoms with van der Waals surface area (Å²) >= 11 is 0. The molecule has 3 aromatic rings. The molecule has 0 saturated carbocycles. The van der Waals surface area contributed by atoms with E-state index in [-0.39, 0.29) is 0 Å². The number of nitrogens with zero attached hydrogens (tertiary/aromatic N) is 1. The molecule has 1 atom stereocenters. The van der Waals surface area contributed by atoms with E-state index in [0.717, 1.165) is 5.69 Å². The number of hydrogen-bond donors (Lipinski definition) is 1. The van der Waals surface area contributed by atoms with Gasteiger partial charge in [-0.05, 0) is 66.0 Å². The number of rotatable bonds is 4. The molecule has 0 bridgehead atoms. The van der Waals surface area contributed by atoms with E-state index in [1.165, 1.54) is 44.2 Å². The number of fused-ring (bicyclic) bond motifs is 1. The van der Waals surface area contributed by atoms with E-state index in [0.29, 0.717) is 5.92 Å². The van der Waals surface area contributed by atoms with Crippen molar-refractivity contribution in [1.82, 2.24) is 0 Å². The number of nitrogens with one attached hydrogen (secondary N) is 1. The van der Waals surface area contributed by atoms with Gasteiger partial charge in [0.2, 0.25) is 0 Å². The van der Waals surface area contributed by atoms with Gasteiger partial charge in [-0.1, -0.05) is 67.1 Å². The van der Waals surface area contributed by atoms with Crippen molar-refractivity contribution in [3.63, 3.8) is 0 Å². The molecule has 0 spiro atoms. The van der Waals surface area contributed by atoms with Crippen LogP contribution in [0.4, 0.5) is 5.69 Å². The number of anilines is 1. The molecular weight excluding hydrogens is 340 g/mol. The van der Waals surface area contributed by atoms with Crippen LogP contribution in [-0.2, 0) is 0 Å². The lowest BCUT2D eigenvalue weighted by atomic mass is 9.87. The molecule has 0 heterocycles. The van der Waals surface area contributed by atoms with Gasteiger partial charge in [0, 0.05) is 11.5 Å². The quantitative estimate of drug-likeness (QED) is 0.388. The zero-order valence-electron chi connectivity index (χ0n) is 17.0. The molecule has 28 heavy (non-hydrogen) atoms. The summed E-state index contributed by atoms with van der Waals surface area (Å²) in [6, 6.07) is 23.1. The van der Waals surface area contributed by atoms with Crippen molar-refractivity contribution in [1.29, 1.82) is 0 Å². The molecule has 0 fully saturated rings. The van der Waals surface area contributed by atoms with Crippen molar-refractivity contribution < 1.29 is 0 Å². The van der Waals surface area contributed by atoms with Gasteiger partial charge in [-0.25, -0.2) is 0 Å². The highest BCUT2D eigenvalue weighted by atomic mass is 15.3. The van der Waals surface area contributed by atoms with Gasteiger partial charge in [0.05, 0.1) is 11.9 Å². The maximum atomic E-state index is 4.57. The first kappa shape index (κ1) is 18.2. The van der Waals surface area contributed by atoms with E-state index in [1.54, 1.807) is 0 Å². The summed E-state index contributed by atoms with van der Waals surface area (Å²) in [7, 11) is 0. The van der Waals surface area contributed by atoms with Crippen molar-refractivity contribution in [2.75, 3.05) is 5.43 Å². The zero-order chi connectivity index (χ0) is 19.7. The maximum Gasteiger partial charge on any atom is 0.0561 e. The zero-order valence-corrected chi connectivity index (χ0v) is 17.0. The summed E-state index contributed by atoms with van der Waals surface area (Å²) in [6.07, 6.45) is 1.97. The van der Waals surface area contributed by atoms with E-state index in [1.807, 2.05) is 36.5 Å². The summed E-state index contributed by atoms with van der Waals surface area (Å²) in [5.74, 6) is 0.426. The van der Waals surface area contributed by atoms with Gasteiger partial charge in [-0.15, -0.1) is 0 Å². The van der Waals surface area contributed by atoms with Gasteiger partial charge < -0.3 is 0 Å². The third kappa shape index (κ3) is 3.16. The van der Waals surface area contributed by atoms with Gasteiger partial charge in [0.25, 0.3) is 0 Å². The standard InChI is InChI=1S/C26H26N2/c1-17-18(2)20(4)26(19(17)3)24-15-14-21-10-8-9-13-23(21)25(24)16-27-28-22-11-6-5-7-12-22/h5-16,19,28H,1-4H3/b27-16+. The second kappa shape index (κ2) is 7.47. The van der Waals surface area contributed by atoms with Crippen molar-refractivity contribution in [3.05, 3.63) is 94.6 Å². The van der Waals surface area contributed by atoms with Crippen LogP contribution in [0.2, 0.25) is 0 Å². The van der Waals surface area contributed by atoms with Gasteiger partial charge in [-0.3, -0.25) is 5.43 Å². The van der Waals surface area contributed by atoms with Crippen LogP contribution in [0.25, 0.3) is 16.3 Å². The van der Waals surface area contributed by atoms with Gasteiger partial charge in [-0.2, -0.15) is 5.10 Å². The Kier molecular flexibility index (Phi) is 4.87. The van der Waals surface area contributed by atoms with Crippen LogP contribution in [0.1, 0.15) is 38.8 Å². The van der Waals surface area contributed by atoms with Crippen molar-refractivity contribution in [3.8, 4) is 0 Å². The molecule has 140 valence electrons. The fourth-order valence-corrected chi connectivity index (χ4v) is 4.15. The van der Waals surface area contributed by atoms with E-state index in [9.17, 15) is 0 Å². The Morgan fingerprint density at radius 2 is 1.54 bits per heavy atom. The van der Waals surface area contributed by atoms with Crippen LogP contribution in [-0.4, -0.2) is 6.21 Å². The summed E-state index contributed by atoms with van der Waals surface area (Å²) in [4.78, 5) is 0. The lowest BCUT2D eigenvalue weighted by Crippen LogP contribution is -2.02. The minimum atomic E-state index is 0.426. The molecule has 0 aliphatic heterocycles. The van der Waals surface area contributed by atoms with E-state index in [4.69, 9.17) is 0 Å². The first-order valence-corrected chi connectivity index (χ1v) is 9.82. The van der Waals surface area contributed by atoms with Crippen LogP contribution in [0, 0.1) is 5.92 Å². The van der Waals surface area contributed by atoms with Gasteiger partial charge >= 0.3 is 0 Å². The molecule has 1 N–H and O–H groups in total. The third-order valence-electron chi connectivity index (χ3n) is 6.06. The Morgan fingerprint density at radius 1 is 0.821 bits per heavy atom. The lowest BCUT2D eigenvalue weighted by Gasteiger charge is -2.17. The largest absolute Gasteiger partial charge is 0.279 e. The van der Waals surface area contributed by atoms with E-state index in [2.05, 4.69) is 74.6 Å². The van der Waals surface area contributed by atoms with E-state index < -0.39 is 0 Å². The summed E-state index contributed by atoms with van der Waals surface area (Å²) in [5, 5.41) is 7.03. The Labute approximate surface area is 167 Å². The predicted molar refractivity (Wildman–Crippen MR) is 122 cm³/mol. The van der Waals surface area contributed by atoms with Crippen LogP contribution < -0.4 is 5.43 Å². The second-order valence-corrected chi connectivity index (χ2v) is 7.55. The molecule has 0 aromatic heterocycles. The normalized spacial score (nSPS) is 17.2. The SMILES string of the molecule is CC1=C(C)C(C)C(c2ccc3ccccc3c2/C=N/Nc2ccccc2)=C1C. The molecule has 0 saturated heterocycles. The molecule has 1 aliphatic carbocycles. The smallest absolute Gasteiger partial charge is 0.0561 e. The van der Waals surface area contributed by atoms with Crippen molar-refractivity contribution in [2.24, 2.45) is 11.0 Å². The first-order valence-electron chi connectivity index (χ1n) is 9.82. The average molecular weight is 367 g/mol. The number of para-hydroxylation sites is 1.